The van der Waals surface area contributed by atoms with Crippen LogP contribution in [0.4, 0.5) is 0 Å². The van der Waals surface area contributed by atoms with E-state index in [0.29, 0.717) is 24.2 Å². The Morgan fingerprint density at radius 3 is 1.71 bits per heavy atom. The lowest BCUT2D eigenvalue weighted by atomic mass is 9.79. The summed E-state index contributed by atoms with van der Waals surface area (Å²) >= 11 is 3.42. The van der Waals surface area contributed by atoms with Gasteiger partial charge in [0.05, 0.1) is 48.9 Å². The van der Waals surface area contributed by atoms with Crippen molar-refractivity contribution in [1.29, 1.82) is 0 Å². The zero-order valence-corrected chi connectivity index (χ0v) is 46.3. The molecule has 18 nitrogen and oxygen atoms in total. The molecule has 3 aliphatic heterocycles. The molecule has 7 heterocycles. The number of nitrogens with one attached hydrogen (secondary N) is 3. The number of H-pyrrole nitrogens is 1. The summed E-state index contributed by atoms with van der Waals surface area (Å²) in [6.45, 7) is 11.5. The van der Waals surface area contributed by atoms with Crippen molar-refractivity contribution in [3.8, 4) is 11.1 Å². The second-order valence-corrected chi connectivity index (χ2v) is 29.6. The van der Waals surface area contributed by atoms with Crippen LogP contribution in [0.2, 0.25) is 0 Å². The molecule has 0 amide bonds. The first-order valence-electron chi connectivity index (χ1n) is 23.0. The molecule has 0 saturated carbocycles. The molecule has 0 spiro atoms. The molecule has 25 heteroatoms. The molecule has 3 aromatic carbocycles. The quantitative estimate of drug-likeness (QED) is 0.137. The minimum absolute atomic E-state index is 0.0149. The minimum atomic E-state index is -3.78. The number of hydrogen-bond acceptors (Lipinski definition) is 14. The fourth-order valence-corrected chi connectivity index (χ4v) is 16.6. The van der Waals surface area contributed by atoms with Crippen LogP contribution in [0.3, 0.4) is 0 Å². The maximum Gasteiger partial charge on any atom is 0.494 e. The van der Waals surface area contributed by atoms with Gasteiger partial charge in [-0.1, -0.05) is 42.5 Å². The molecule has 3 N–H and O–H groups in total. The Balaban J connectivity index is 0.000000148. The summed E-state index contributed by atoms with van der Waals surface area (Å²) in [7, 11) is -18.0. The highest BCUT2D eigenvalue weighted by atomic mass is 79.9. The van der Waals surface area contributed by atoms with Crippen LogP contribution < -0.4 is 14.9 Å². The van der Waals surface area contributed by atoms with Gasteiger partial charge in [-0.15, -0.1) is 0 Å². The van der Waals surface area contributed by atoms with E-state index in [9.17, 15) is 42.1 Å². The summed E-state index contributed by atoms with van der Waals surface area (Å²) in [6, 6.07) is 27.5. The van der Waals surface area contributed by atoms with Crippen molar-refractivity contribution >= 4 is 100 Å². The molecule has 3 saturated heterocycles. The molecule has 0 bridgehead atoms. The van der Waals surface area contributed by atoms with Gasteiger partial charge in [0.15, 0.2) is 25.3 Å². The maximum absolute atomic E-state index is 12.7. The van der Waals surface area contributed by atoms with Crippen LogP contribution in [0.1, 0.15) is 51.9 Å². The van der Waals surface area contributed by atoms with Crippen LogP contribution in [-0.4, -0.2) is 114 Å². The summed E-state index contributed by atoms with van der Waals surface area (Å²) in [5, 5.41) is 1.75. The Hall–Kier alpha value is -4.83. The summed E-state index contributed by atoms with van der Waals surface area (Å²) in [5.41, 5.74) is 4.46. The molecule has 7 aromatic rings. The second-order valence-electron chi connectivity index (χ2n) is 19.1. The van der Waals surface area contributed by atoms with Crippen molar-refractivity contribution in [1.82, 2.24) is 28.4 Å². The van der Waals surface area contributed by atoms with Crippen LogP contribution in [0.15, 0.2) is 135 Å². The van der Waals surface area contributed by atoms with Gasteiger partial charge < -0.3 is 14.3 Å². The third-order valence-electron chi connectivity index (χ3n) is 13.0. The van der Waals surface area contributed by atoms with E-state index in [4.69, 9.17) is 9.31 Å². The van der Waals surface area contributed by atoms with Gasteiger partial charge in [0, 0.05) is 51.1 Å². The number of aromatic amines is 1. The molecule has 4 aromatic heterocycles. The lowest BCUT2D eigenvalue weighted by Crippen LogP contribution is -2.41. The standard InChI is InChI=1S/C18H19N3O4S2.C16H24BNO6S2.C14H11BrN2O2S/c1-12-10-17-16(6-8-19-18(17)20-12)13-2-4-15(5-3-13)27(24,25)21-14-7-9-26(22,23)11-14;1-15(2)16(3,4)24-17(23-15)12-5-7-14(8-6-12)26(21,22)18-13-9-10-25(19,20)11-13;1-10-9-12-13(15)7-8-16-14(12)17(10)20(18,19)11-5-3-2-4-6-11/h2-6,8,10,14,21H,7,9,11H2,1H3,(H,19,20);5-8,13,18H,9-11H2,1-4H3;2-9H,1H3. The molecule has 3 fully saturated rings. The number of sulfonamides is 2. The lowest BCUT2D eigenvalue weighted by molar-refractivity contribution is 0.00578. The first kappa shape index (κ1) is 54.4. The molecule has 3 aliphatic rings. The lowest BCUT2D eigenvalue weighted by Gasteiger charge is -2.32. The third kappa shape index (κ3) is 12.0. The van der Waals surface area contributed by atoms with Crippen LogP contribution in [0, 0.1) is 13.8 Å². The van der Waals surface area contributed by atoms with E-state index in [-0.39, 0.29) is 37.7 Å². The predicted octanol–water partition coefficient (Wildman–Crippen LogP) is 5.80. The maximum atomic E-state index is 12.7. The van der Waals surface area contributed by atoms with E-state index >= 15 is 0 Å². The zero-order chi connectivity index (χ0) is 52.9. The van der Waals surface area contributed by atoms with E-state index in [1.165, 1.54) is 28.2 Å². The largest absolute Gasteiger partial charge is 0.494 e. The minimum Gasteiger partial charge on any atom is -0.399 e. The number of sulfone groups is 2. The van der Waals surface area contributed by atoms with E-state index in [2.05, 4.69) is 40.3 Å². The first-order valence-corrected chi connectivity index (χ1v) is 31.8. The molecule has 0 radical (unpaired) electrons. The number of nitrogens with zero attached hydrogens (tertiary/aromatic N) is 3. The fraction of sp³-hybridized carbons (Fsp3) is 0.333. The van der Waals surface area contributed by atoms with Gasteiger partial charge in [-0.3, -0.25) is 0 Å². The molecule has 10 rings (SSSR count). The molecule has 73 heavy (non-hydrogen) atoms. The van der Waals surface area contributed by atoms with Crippen molar-refractivity contribution < 1.29 is 51.4 Å². The Kier molecular flexibility index (Phi) is 15.2. The smallest absolute Gasteiger partial charge is 0.399 e. The summed E-state index contributed by atoms with van der Waals surface area (Å²) in [6.07, 6.45) is 3.90. The fourth-order valence-electron chi connectivity index (χ4n) is 8.53. The van der Waals surface area contributed by atoms with Crippen molar-refractivity contribution in [2.45, 2.75) is 92.4 Å². The topological polar surface area (TPSA) is 260 Å². The van der Waals surface area contributed by atoms with E-state index < -0.39 is 80.1 Å². The monoisotopic (exact) mass is 1160 g/mol. The van der Waals surface area contributed by atoms with Crippen LogP contribution in [0.25, 0.3) is 33.2 Å². The number of aryl methyl sites for hydroxylation is 2. The SMILES string of the molecule is CC1(C)OB(c2ccc(S(=O)(=O)NC3CCS(=O)(=O)C3)cc2)OC1(C)C.Cc1cc2c(-c3ccc(S(=O)(=O)NC4CCS(=O)(=O)C4)cc3)ccnc2[nH]1.Cc1cc2c(Br)ccnc2n1S(=O)(=O)c1ccccc1. The van der Waals surface area contributed by atoms with Gasteiger partial charge in [0.25, 0.3) is 10.0 Å². The Morgan fingerprint density at radius 2 is 1.19 bits per heavy atom. The third-order valence-corrected chi connectivity index (χ3v) is 22.1. The van der Waals surface area contributed by atoms with E-state index in [1.807, 2.05) is 52.8 Å². The molecular formula is C48H54BBrN6O12S5. The first-order chi connectivity index (χ1) is 34.1. The zero-order valence-electron chi connectivity index (χ0n) is 40.6. The highest BCUT2D eigenvalue weighted by Gasteiger charge is 2.51. The molecule has 0 aliphatic carbocycles. The van der Waals surface area contributed by atoms with Gasteiger partial charge in [0.1, 0.15) is 5.65 Å². The molecule has 388 valence electrons. The number of benzene rings is 3. The average molecular weight is 1160 g/mol. The number of halogens is 1. The summed E-state index contributed by atoms with van der Waals surface area (Å²) < 4.78 is 141. The number of aromatic nitrogens is 4. The molecule has 2 atom stereocenters. The van der Waals surface area contributed by atoms with Gasteiger partial charge in [-0.05, 0) is 148 Å². The summed E-state index contributed by atoms with van der Waals surface area (Å²) in [4.78, 5) is 12.2. The van der Waals surface area contributed by atoms with Crippen molar-refractivity contribution in [3.05, 3.63) is 131 Å². The normalized spacial score (nSPS) is 20.1. The highest BCUT2D eigenvalue weighted by molar-refractivity contribution is 9.10. The average Bonchev–Trinajstić information content (AvgIpc) is 4.11. The highest BCUT2D eigenvalue weighted by Crippen LogP contribution is 2.37. The number of pyridine rings is 2. The number of hydrogen-bond donors (Lipinski definition) is 3. The summed E-state index contributed by atoms with van der Waals surface area (Å²) in [5.74, 6) is -0.265. The van der Waals surface area contributed by atoms with Gasteiger partial charge >= 0.3 is 7.12 Å². The van der Waals surface area contributed by atoms with Crippen molar-refractivity contribution in [2.75, 3.05) is 23.0 Å². The second kappa shape index (κ2) is 20.4. The van der Waals surface area contributed by atoms with Crippen LogP contribution in [0.5, 0.6) is 0 Å². The van der Waals surface area contributed by atoms with Gasteiger partial charge in [0.2, 0.25) is 20.0 Å². The van der Waals surface area contributed by atoms with Gasteiger partial charge in [-0.2, -0.15) is 0 Å². The van der Waals surface area contributed by atoms with Crippen LogP contribution >= 0.6 is 15.9 Å². The Morgan fingerprint density at radius 1 is 0.671 bits per heavy atom. The number of rotatable bonds is 10. The van der Waals surface area contributed by atoms with E-state index in [0.717, 1.165) is 43.2 Å². The van der Waals surface area contributed by atoms with E-state index in [1.54, 1.807) is 80.0 Å². The van der Waals surface area contributed by atoms with Crippen molar-refractivity contribution in [2.24, 2.45) is 0 Å². The van der Waals surface area contributed by atoms with Gasteiger partial charge in [-0.25, -0.2) is 65.5 Å². The molecule has 2 unspecified atom stereocenters. The van der Waals surface area contributed by atoms with Crippen LogP contribution in [-0.2, 0) is 59.1 Å². The molecular weight excluding hydrogens is 1100 g/mol. The Labute approximate surface area is 435 Å². The Bertz CT molecular complexity index is 3770. The predicted molar refractivity (Wildman–Crippen MR) is 284 cm³/mol. The number of fused-ring (bicyclic) bond motifs is 2. The van der Waals surface area contributed by atoms with Crippen molar-refractivity contribution in [3.63, 3.8) is 0 Å².